The van der Waals surface area contributed by atoms with Gasteiger partial charge in [-0.25, -0.2) is 0 Å². The molecule has 6 atom stereocenters. The minimum absolute atomic E-state index is 0. The molecule has 12 nitrogen and oxygen atoms in total. The number of benzene rings is 1. The summed E-state index contributed by atoms with van der Waals surface area (Å²) in [5.41, 5.74) is 1.47. The summed E-state index contributed by atoms with van der Waals surface area (Å²) in [4.78, 5) is 40.0. The molecule has 1 saturated carbocycles. The fourth-order valence-corrected chi connectivity index (χ4v) is 5.58. The Morgan fingerprint density at radius 3 is 2.19 bits per heavy atom. The van der Waals surface area contributed by atoms with Crippen LogP contribution in [0, 0.1) is 11.8 Å². The average Bonchev–Trinajstić information content (AvgIpc) is 2.76. The van der Waals surface area contributed by atoms with E-state index >= 15 is 0 Å². The average molecular weight is 545 g/mol. The van der Waals surface area contributed by atoms with Gasteiger partial charge in [-0.15, -0.1) is 12.4 Å². The molecular formula is C24H33ClN2O10. The molecule has 3 aliphatic rings. The number of ketones is 2. The molecule has 10 N–H and O–H groups in total. The second-order valence-corrected chi connectivity index (χ2v) is 9.11. The van der Waals surface area contributed by atoms with E-state index in [0.717, 1.165) is 0 Å². The molecule has 1 aromatic carbocycles. The smallest absolute Gasteiger partial charge is 0.255 e. The van der Waals surface area contributed by atoms with Crippen LogP contribution in [-0.2, 0) is 14.4 Å². The van der Waals surface area contributed by atoms with E-state index in [1.807, 2.05) is 0 Å². The van der Waals surface area contributed by atoms with E-state index in [0.29, 0.717) is 5.56 Å². The molecule has 0 spiro atoms. The van der Waals surface area contributed by atoms with E-state index in [4.69, 9.17) is 10.8 Å². The maximum Gasteiger partial charge on any atom is 0.255 e. The van der Waals surface area contributed by atoms with Crippen molar-refractivity contribution in [3.05, 3.63) is 46.2 Å². The van der Waals surface area contributed by atoms with Gasteiger partial charge in [0.1, 0.15) is 22.8 Å². The molecule has 0 aliphatic heterocycles. The van der Waals surface area contributed by atoms with Gasteiger partial charge in [-0.3, -0.25) is 19.3 Å². The van der Waals surface area contributed by atoms with Crippen molar-refractivity contribution in [1.82, 2.24) is 4.90 Å². The number of primary amides is 1. The van der Waals surface area contributed by atoms with E-state index < -0.39 is 75.6 Å². The first-order valence-electron chi connectivity index (χ1n) is 11.0. The highest BCUT2D eigenvalue weighted by Crippen LogP contribution is 2.55. The van der Waals surface area contributed by atoms with Crippen molar-refractivity contribution in [3.63, 3.8) is 0 Å². The summed E-state index contributed by atoms with van der Waals surface area (Å²) in [5.74, 6) is -8.87. The highest BCUT2D eigenvalue weighted by Gasteiger charge is 2.68. The zero-order valence-electron chi connectivity index (χ0n) is 20.7. The first kappa shape index (κ1) is 32.0. The third-order valence-corrected chi connectivity index (χ3v) is 6.99. The number of aliphatic hydroxyl groups is 5. The number of likely N-dealkylation sites (N-methyl/N-ethyl adjacent to an activating group) is 1. The Hall–Kier alpha value is -3.00. The molecule has 0 aromatic heterocycles. The number of hydrogen-bond donors (Lipinski definition) is 7. The van der Waals surface area contributed by atoms with Crippen LogP contribution >= 0.6 is 12.4 Å². The minimum atomic E-state index is -2.89. The second kappa shape index (κ2) is 11.2. The molecule has 0 unspecified atom stereocenters. The number of carbonyl (C=O) groups excluding carboxylic acids is 3. The van der Waals surface area contributed by atoms with Gasteiger partial charge in [0.25, 0.3) is 5.91 Å². The largest absolute Gasteiger partial charge is 0.508 e. The molecule has 206 valence electrons. The molecule has 37 heavy (non-hydrogen) atoms. The number of phenols is 1. The predicted octanol–water partition coefficient (Wildman–Crippen LogP) is -0.908. The molecule has 1 amide bonds. The number of aliphatic hydroxyl groups excluding tert-OH is 4. The number of nitrogens with zero attached hydrogens (tertiary/aromatic N) is 1. The quantitative estimate of drug-likeness (QED) is 0.226. The second-order valence-electron chi connectivity index (χ2n) is 9.11. The van der Waals surface area contributed by atoms with Crippen LogP contribution < -0.4 is 5.73 Å². The van der Waals surface area contributed by atoms with Gasteiger partial charge < -0.3 is 41.8 Å². The lowest BCUT2D eigenvalue weighted by molar-refractivity contribution is -0.169. The zero-order valence-corrected chi connectivity index (χ0v) is 21.5. The molecule has 1 aromatic rings. The van der Waals surface area contributed by atoms with Gasteiger partial charge in [-0.2, -0.15) is 0 Å². The summed E-state index contributed by atoms with van der Waals surface area (Å²) >= 11 is 0. The zero-order chi connectivity index (χ0) is 26.6. The number of rotatable bonds is 2. The fraction of sp³-hybridized carbons (Fsp3) is 0.458. The van der Waals surface area contributed by atoms with Gasteiger partial charge in [0.2, 0.25) is 5.78 Å². The molecule has 0 bridgehead atoms. The van der Waals surface area contributed by atoms with Crippen LogP contribution in [-0.4, -0.2) is 96.9 Å². The van der Waals surface area contributed by atoms with Crippen LogP contribution in [0.15, 0.2) is 35.1 Å². The van der Waals surface area contributed by atoms with Gasteiger partial charge >= 0.3 is 0 Å². The number of Topliss-reactive ketones (excluding diaryl/α,β-unsaturated/α-hetero) is 2. The summed E-state index contributed by atoms with van der Waals surface area (Å²) in [6.07, 6.45) is -1.59. The summed E-state index contributed by atoms with van der Waals surface area (Å²) in [6.45, 7) is 3.61. The highest BCUT2D eigenvalue weighted by molar-refractivity contribution is 6.24. The number of halogens is 1. The van der Waals surface area contributed by atoms with E-state index in [2.05, 4.69) is 0 Å². The normalized spacial score (nSPS) is 30.2. The predicted molar refractivity (Wildman–Crippen MR) is 134 cm³/mol. The Labute approximate surface area is 219 Å². The highest BCUT2D eigenvalue weighted by atomic mass is 35.5. The van der Waals surface area contributed by atoms with Crippen LogP contribution in [0.4, 0.5) is 0 Å². The van der Waals surface area contributed by atoms with E-state index in [9.17, 15) is 39.9 Å². The Morgan fingerprint density at radius 2 is 1.70 bits per heavy atom. The number of aromatic hydroxyl groups is 1. The Balaban J connectivity index is 0.00000131. The molecule has 13 heteroatoms. The minimum Gasteiger partial charge on any atom is -0.508 e. The molecule has 0 radical (unpaired) electrons. The summed E-state index contributed by atoms with van der Waals surface area (Å²) in [5, 5.41) is 62.5. The lowest BCUT2D eigenvalue weighted by atomic mass is 9.54. The number of hydrogen-bond acceptors (Lipinski definition) is 10. The van der Waals surface area contributed by atoms with Gasteiger partial charge in [0.05, 0.1) is 23.6 Å². The molecule has 4 rings (SSSR count). The number of phenolic OH excluding ortho intramolecular Hbond substituents is 1. The van der Waals surface area contributed by atoms with Crippen molar-refractivity contribution < 1.29 is 50.5 Å². The van der Waals surface area contributed by atoms with Crippen LogP contribution in [0.3, 0.4) is 0 Å². The Kier molecular flexibility index (Phi) is 9.67. The number of nitrogens with two attached hydrogens (primary N) is 1. The summed E-state index contributed by atoms with van der Waals surface area (Å²) in [7, 11) is 2.92. The summed E-state index contributed by atoms with van der Waals surface area (Å²) < 4.78 is 0. The van der Waals surface area contributed by atoms with Crippen LogP contribution in [0.1, 0.15) is 30.9 Å². The van der Waals surface area contributed by atoms with Gasteiger partial charge in [-0.1, -0.05) is 19.1 Å². The van der Waals surface area contributed by atoms with Crippen molar-refractivity contribution in [2.75, 3.05) is 20.7 Å². The van der Waals surface area contributed by atoms with E-state index in [1.165, 1.54) is 25.1 Å². The standard InChI is InChI=1S/C22H24N2O8.C2H6O.ClH.H2O/c1-7-8-5-4-6-9(25)11(8)16(26)12-10(7)17(27)14-15(24(2)3)18(28)13(21(23)31)20(30)22(14,32)19(12)29;1-2-3;;/h4-7,10,14-15,17,25-27,30,32H,1-3H3,(H2,23,31);3H,2H2,1H3;1H;1H2/t7-,10-,14-,15-,17-,22-;;;/m0.../s1. The lowest BCUT2D eigenvalue weighted by Crippen LogP contribution is -2.70. The molecule has 0 saturated heterocycles. The van der Waals surface area contributed by atoms with Gasteiger partial charge in [-0.05, 0) is 38.6 Å². The van der Waals surface area contributed by atoms with Crippen molar-refractivity contribution in [2.45, 2.75) is 37.5 Å². The van der Waals surface area contributed by atoms with E-state index in [1.54, 1.807) is 26.0 Å². The van der Waals surface area contributed by atoms with Crippen molar-refractivity contribution in [2.24, 2.45) is 17.6 Å². The molecule has 3 aliphatic carbocycles. The van der Waals surface area contributed by atoms with Crippen LogP contribution in [0.5, 0.6) is 5.75 Å². The molecule has 1 fully saturated rings. The number of fused-ring (bicyclic) bond motifs is 3. The Bertz CT molecular complexity index is 1160. The maximum atomic E-state index is 13.7. The topological polar surface area (TPSA) is 233 Å². The number of carbonyl (C=O) groups is 3. The van der Waals surface area contributed by atoms with Crippen LogP contribution in [0.2, 0.25) is 0 Å². The third-order valence-electron chi connectivity index (χ3n) is 6.99. The SMILES string of the molecule is CCO.C[C@H]1c2cccc(O)c2C(O)=C2C(=O)[C@]3(O)C(O)=C(C(N)=O)C(=O)[C@@H](N(C)C)[C@H]3[C@@H](O)[C@H]21.Cl.O. The van der Waals surface area contributed by atoms with Crippen molar-refractivity contribution in [3.8, 4) is 5.75 Å². The first-order chi connectivity index (χ1) is 16.3. The molecular weight excluding hydrogens is 512 g/mol. The third kappa shape index (κ3) is 4.39. The fourth-order valence-electron chi connectivity index (χ4n) is 5.58. The van der Waals surface area contributed by atoms with Gasteiger partial charge in [0, 0.05) is 18.1 Å². The monoisotopic (exact) mass is 544 g/mol. The maximum absolute atomic E-state index is 13.7. The van der Waals surface area contributed by atoms with Gasteiger partial charge in [0.15, 0.2) is 11.4 Å². The van der Waals surface area contributed by atoms with Crippen LogP contribution in [0.25, 0.3) is 5.76 Å². The lowest BCUT2D eigenvalue weighted by Gasteiger charge is -2.53. The molecule has 0 heterocycles. The Morgan fingerprint density at radius 1 is 1.16 bits per heavy atom. The summed E-state index contributed by atoms with van der Waals surface area (Å²) in [6, 6.07) is 3.13. The van der Waals surface area contributed by atoms with Crippen molar-refractivity contribution in [1.29, 1.82) is 0 Å². The first-order valence-corrected chi connectivity index (χ1v) is 11.0. The van der Waals surface area contributed by atoms with Crippen molar-refractivity contribution >= 4 is 35.6 Å². The number of amides is 1. The van der Waals surface area contributed by atoms with E-state index in [-0.39, 0.29) is 35.8 Å².